The molecule has 1 heterocycles. The van der Waals surface area contributed by atoms with Crippen LogP contribution in [-0.2, 0) is 4.79 Å². The molecular weight excluding hydrogens is 315 g/mol. The first-order valence-electron chi connectivity index (χ1n) is 5.90. The van der Waals surface area contributed by atoms with E-state index in [1.807, 2.05) is 0 Å². The average molecular weight is 327 g/mol. The summed E-state index contributed by atoms with van der Waals surface area (Å²) in [6.07, 6.45) is 1.40. The molecule has 0 fully saturated rings. The first-order valence-corrected chi connectivity index (χ1v) is 6.66. The number of halogens is 2. The van der Waals surface area contributed by atoms with Gasteiger partial charge in [-0.1, -0.05) is 11.6 Å². The molecular formula is C13H12Cl2N4O2. The number of anilines is 3. The lowest BCUT2D eigenvalue weighted by molar-refractivity contribution is -0.114. The van der Waals surface area contributed by atoms with E-state index in [-0.39, 0.29) is 11.2 Å². The van der Waals surface area contributed by atoms with Gasteiger partial charge in [-0.25, -0.2) is 4.98 Å². The number of carbonyl (C=O) groups excluding carboxylic acids is 1. The molecule has 0 saturated heterocycles. The third-order valence-corrected chi connectivity index (χ3v) is 2.95. The van der Waals surface area contributed by atoms with E-state index < -0.39 is 0 Å². The monoisotopic (exact) mass is 326 g/mol. The molecule has 0 bridgehead atoms. The number of ether oxygens (including phenoxy) is 1. The van der Waals surface area contributed by atoms with Crippen molar-refractivity contribution >= 4 is 46.3 Å². The van der Waals surface area contributed by atoms with Crippen LogP contribution in [0.5, 0.6) is 5.75 Å². The molecule has 21 heavy (non-hydrogen) atoms. The number of hydrogen-bond donors (Lipinski definition) is 2. The number of carbonyl (C=O) groups is 1. The first-order chi connectivity index (χ1) is 9.99. The Balaban J connectivity index is 2.31. The summed E-state index contributed by atoms with van der Waals surface area (Å²) in [7, 11) is 1.52. The largest absolute Gasteiger partial charge is 0.494 e. The minimum Gasteiger partial charge on any atom is -0.494 e. The normalized spacial score (nSPS) is 10.1. The van der Waals surface area contributed by atoms with E-state index in [2.05, 4.69) is 20.6 Å². The summed E-state index contributed by atoms with van der Waals surface area (Å²) >= 11 is 11.7. The summed E-state index contributed by atoms with van der Waals surface area (Å²) < 4.78 is 5.28. The molecule has 0 aliphatic heterocycles. The van der Waals surface area contributed by atoms with Gasteiger partial charge in [0.15, 0.2) is 5.82 Å². The van der Waals surface area contributed by atoms with Crippen LogP contribution in [0, 0.1) is 0 Å². The molecule has 6 nitrogen and oxygen atoms in total. The fourth-order valence-corrected chi connectivity index (χ4v) is 1.91. The van der Waals surface area contributed by atoms with Crippen LogP contribution in [0.15, 0.2) is 24.4 Å². The van der Waals surface area contributed by atoms with Gasteiger partial charge in [-0.2, -0.15) is 4.98 Å². The van der Waals surface area contributed by atoms with Crippen molar-refractivity contribution in [2.24, 2.45) is 0 Å². The van der Waals surface area contributed by atoms with Crippen LogP contribution in [-0.4, -0.2) is 23.0 Å². The van der Waals surface area contributed by atoms with E-state index in [0.717, 1.165) is 0 Å². The Hall–Kier alpha value is -2.05. The van der Waals surface area contributed by atoms with Gasteiger partial charge < -0.3 is 15.4 Å². The number of aromatic nitrogens is 2. The zero-order chi connectivity index (χ0) is 15.4. The molecule has 0 atom stereocenters. The zero-order valence-electron chi connectivity index (χ0n) is 11.3. The number of rotatable bonds is 4. The van der Waals surface area contributed by atoms with Crippen molar-refractivity contribution in [1.29, 1.82) is 0 Å². The highest BCUT2D eigenvalue weighted by Crippen LogP contribution is 2.32. The lowest BCUT2D eigenvalue weighted by atomic mass is 10.2. The van der Waals surface area contributed by atoms with Gasteiger partial charge in [-0.05, 0) is 23.7 Å². The summed E-state index contributed by atoms with van der Waals surface area (Å²) in [5.41, 5.74) is 1.25. The molecule has 0 unspecified atom stereocenters. The van der Waals surface area contributed by atoms with Crippen molar-refractivity contribution < 1.29 is 9.53 Å². The van der Waals surface area contributed by atoms with E-state index in [4.69, 9.17) is 27.9 Å². The second kappa shape index (κ2) is 6.60. The Morgan fingerprint density at radius 2 is 2.10 bits per heavy atom. The number of nitrogens with zero attached hydrogens (tertiary/aromatic N) is 2. The van der Waals surface area contributed by atoms with Crippen molar-refractivity contribution in [3.63, 3.8) is 0 Å². The molecule has 8 heteroatoms. The third kappa shape index (κ3) is 3.96. The molecule has 0 spiro atoms. The molecule has 0 aliphatic carbocycles. The summed E-state index contributed by atoms with van der Waals surface area (Å²) in [6, 6.07) is 5.14. The van der Waals surface area contributed by atoms with Crippen LogP contribution in [0.1, 0.15) is 6.92 Å². The third-order valence-electron chi connectivity index (χ3n) is 2.49. The second-order valence-electron chi connectivity index (χ2n) is 4.06. The van der Waals surface area contributed by atoms with Crippen molar-refractivity contribution in [3.8, 4) is 5.75 Å². The predicted molar refractivity (Wildman–Crippen MR) is 82.6 cm³/mol. The number of benzene rings is 1. The van der Waals surface area contributed by atoms with Gasteiger partial charge >= 0.3 is 0 Å². The number of methoxy groups -OCH3 is 1. The Morgan fingerprint density at radius 1 is 1.33 bits per heavy atom. The van der Waals surface area contributed by atoms with E-state index in [1.54, 1.807) is 18.2 Å². The van der Waals surface area contributed by atoms with Crippen molar-refractivity contribution in [2.45, 2.75) is 6.92 Å². The first kappa shape index (κ1) is 15.3. The van der Waals surface area contributed by atoms with Crippen LogP contribution < -0.4 is 15.4 Å². The topological polar surface area (TPSA) is 76.1 Å². The Bertz CT molecular complexity index is 679. The molecule has 2 aromatic rings. The standard InChI is InChI=1S/C13H12Cl2N4O2/c1-7(20)17-8-3-4-10(11(5-8)21-2)18-12-9(14)6-16-13(15)19-12/h3-6H,1-2H3,(H,17,20)(H,16,18,19). The van der Waals surface area contributed by atoms with Crippen LogP contribution >= 0.6 is 23.2 Å². The Labute approximate surface area is 131 Å². The molecule has 1 aromatic heterocycles. The molecule has 1 amide bonds. The van der Waals surface area contributed by atoms with E-state index >= 15 is 0 Å². The molecule has 0 saturated carbocycles. The Morgan fingerprint density at radius 3 is 2.76 bits per heavy atom. The maximum atomic E-state index is 11.1. The van der Waals surface area contributed by atoms with Gasteiger partial charge in [-0.15, -0.1) is 0 Å². The molecule has 110 valence electrons. The minimum atomic E-state index is -0.164. The van der Waals surface area contributed by atoms with Gasteiger partial charge in [0.25, 0.3) is 0 Å². The summed E-state index contributed by atoms with van der Waals surface area (Å²) in [6.45, 7) is 1.43. The van der Waals surface area contributed by atoms with Crippen LogP contribution in [0.4, 0.5) is 17.2 Å². The number of nitrogens with one attached hydrogen (secondary N) is 2. The average Bonchev–Trinajstić information content (AvgIpc) is 2.43. The van der Waals surface area contributed by atoms with Crippen LogP contribution in [0.3, 0.4) is 0 Å². The lowest BCUT2D eigenvalue weighted by Crippen LogP contribution is -2.06. The van der Waals surface area contributed by atoms with E-state index in [0.29, 0.717) is 28.0 Å². The zero-order valence-corrected chi connectivity index (χ0v) is 12.8. The van der Waals surface area contributed by atoms with Gasteiger partial charge in [0.05, 0.1) is 19.0 Å². The summed E-state index contributed by atoms with van der Waals surface area (Å²) in [4.78, 5) is 18.8. The number of amides is 1. The quantitative estimate of drug-likeness (QED) is 0.841. The van der Waals surface area contributed by atoms with Gasteiger partial charge in [0.2, 0.25) is 11.2 Å². The molecule has 0 radical (unpaired) electrons. The highest BCUT2D eigenvalue weighted by atomic mass is 35.5. The van der Waals surface area contributed by atoms with Crippen LogP contribution in [0.2, 0.25) is 10.3 Å². The maximum absolute atomic E-state index is 11.1. The van der Waals surface area contributed by atoms with E-state index in [9.17, 15) is 4.79 Å². The highest BCUT2D eigenvalue weighted by Gasteiger charge is 2.10. The maximum Gasteiger partial charge on any atom is 0.224 e. The smallest absolute Gasteiger partial charge is 0.224 e. The SMILES string of the molecule is COc1cc(NC(C)=O)ccc1Nc1nc(Cl)ncc1Cl. The van der Waals surface area contributed by atoms with Crippen molar-refractivity contribution in [2.75, 3.05) is 17.7 Å². The number of hydrogen-bond acceptors (Lipinski definition) is 5. The van der Waals surface area contributed by atoms with Gasteiger partial charge in [-0.3, -0.25) is 4.79 Å². The van der Waals surface area contributed by atoms with Gasteiger partial charge in [0.1, 0.15) is 10.8 Å². The van der Waals surface area contributed by atoms with E-state index in [1.165, 1.54) is 20.2 Å². The fraction of sp³-hybridized carbons (Fsp3) is 0.154. The van der Waals surface area contributed by atoms with Crippen molar-refractivity contribution in [1.82, 2.24) is 9.97 Å². The molecule has 2 N–H and O–H groups in total. The molecule has 2 rings (SSSR count). The summed E-state index contributed by atoms with van der Waals surface area (Å²) in [5.74, 6) is 0.720. The predicted octanol–water partition coefficient (Wildman–Crippen LogP) is 3.49. The molecule has 1 aromatic carbocycles. The summed E-state index contributed by atoms with van der Waals surface area (Å²) in [5, 5.41) is 6.09. The molecule has 0 aliphatic rings. The lowest BCUT2D eigenvalue weighted by Gasteiger charge is -2.13. The van der Waals surface area contributed by atoms with Crippen LogP contribution in [0.25, 0.3) is 0 Å². The van der Waals surface area contributed by atoms with Crippen molar-refractivity contribution in [3.05, 3.63) is 34.7 Å². The minimum absolute atomic E-state index is 0.0794. The Kier molecular flexibility index (Phi) is 4.82. The fourth-order valence-electron chi connectivity index (χ4n) is 1.64. The second-order valence-corrected chi connectivity index (χ2v) is 4.80. The van der Waals surface area contributed by atoms with Gasteiger partial charge in [0, 0.05) is 18.7 Å². The highest BCUT2D eigenvalue weighted by molar-refractivity contribution is 6.33.